The van der Waals surface area contributed by atoms with E-state index in [1.165, 1.54) is 14.2 Å². The molecule has 0 saturated carbocycles. The lowest BCUT2D eigenvalue weighted by Gasteiger charge is -2.22. The van der Waals surface area contributed by atoms with Crippen molar-refractivity contribution in [3.8, 4) is 5.75 Å². The van der Waals surface area contributed by atoms with Crippen molar-refractivity contribution in [3.05, 3.63) is 50.6 Å². The number of nitrogens with one attached hydrogen (secondary N) is 1. The standard InChI is InChI=1S/C17H22BrNOS/c1-11(2)20-15-8-6-5-7-14(15)12(3)19-13(4)16-9-10-17(18)21-16/h5-13,19H,1-4H3. The molecular weight excluding hydrogens is 346 g/mol. The predicted molar refractivity (Wildman–Crippen MR) is 94.2 cm³/mol. The first-order valence-corrected chi connectivity index (χ1v) is 8.85. The molecule has 2 unspecified atom stereocenters. The molecule has 2 nitrogen and oxygen atoms in total. The molecule has 2 atom stereocenters. The van der Waals surface area contributed by atoms with Crippen LogP contribution >= 0.6 is 27.3 Å². The number of para-hydroxylation sites is 1. The van der Waals surface area contributed by atoms with E-state index < -0.39 is 0 Å². The Hall–Kier alpha value is -0.840. The average Bonchev–Trinajstić information content (AvgIpc) is 2.85. The first-order chi connectivity index (χ1) is 9.97. The van der Waals surface area contributed by atoms with Crippen LogP contribution in [0.4, 0.5) is 0 Å². The molecule has 0 aliphatic heterocycles. The Labute approximate surface area is 139 Å². The van der Waals surface area contributed by atoms with Gasteiger partial charge in [-0.15, -0.1) is 11.3 Å². The van der Waals surface area contributed by atoms with E-state index in [1.807, 2.05) is 12.1 Å². The summed E-state index contributed by atoms with van der Waals surface area (Å²) >= 11 is 5.29. The zero-order valence-corrected chi connectivity index (χ0v) is 15.3. The maximum atomic E-state index is 5.91. The van der Waals surface area contributed by atoms with Crippen molar-refractivity contribution in [3.63, 3.8) is 0 Å². The summed E-state index contributed by atoms with van der Waals surface area (Å²) in [6.07, 6.45) is 0.184. The van der Waals surface area contributed by atoms with Gasteiger partial charge in [-0.05, 0) is 61.8 Å². The van der Waals surface area contributed by atoms with E-state index in [4.69, 9.17) is 4.74 Å². The second kappa shape index (κ2) is 7.43. The van der Waals surface area contributed by atoms with Crippen molar-refractivity contribution in [2.45, 2.75) is 45.9 Å². The van der Waals surface area contributed by atoms with Gasteiger partial charge in [0.25, 0.3) is 0 Å². The summed E-state index contributed by atoms with van der Waals surface area (Å²) in [6, 6.07) is 13.1. The van der Waals surface area contributed by atoms with Crippen molar-refractivity contribution in [1.29, 1.82) is 0 Å². The molecule has 0 amide bonds. The highest BCUT2D eigenvalue weighted by Crippen LogP contribution is 2.31. The monoisotopic (exact) mass is 367 g/mol. The minimum atomic E-state index is 0.184. The quantitative estimate of drug-likeness (QED) is 0.705. The summed E-state index contributed by atoms with van der Waals surface area (Å²) in [5.41, 5.74) is 1.20. The Kier molecular flexibility index (Phi) is 5.85. The molecule has 1 N–H and O–H groups in total. The van der Waals surface area contributed by atoms with Crippen LogP contribution in [0.3, 0.4) is 0 Å². The molecule has 0 spiro atoms. The largest absolute Gasteiger partial charge is 0.491 e. The molecule has 2 rings (SSSR count). The van der Waals surface area contributed by atoms with E-state index in [0.717, 1.165) is 5.75 Å². The number of benzene rings is 1. The fourth-order valence-electron chi connectivity index (χ4n) is 2.31. The molecule has 2 aromatic rings. The highest BCUT2D eigenvalue weighted by molar-refractivity contribution is 9.11. The molecule has 1 aromatic carbocycles. The van der Waals surface area contributed by atoms with Crippen molar-refractivity contribution >= 4 is 27.3 Å². The third kappa shape index (κ3) is 4.56. The van der Waals surface area contributed by atoms with Gasteiger partial charge in [0.05, 0.1) is 9.89 Å². The maximum Gasteiger partial charge on any atom is 0.124 e. The van der Waals surface area contributed by atoms with E-state index in [-0.39, 0.29) is 12.1 Å². The second-order valence-corrected chi connectivity index (χ2v) is 7.95. The molecule has 0 aliphatic rings. The molecule has 0 radical (unpaired) electrons. The van der Waals surface area contributed by atoms with E-state index >= 15 is 0 Å². The van der Waals surface area contributed by atoms with Crippen LogP contribution in [0.2, 0.25) is 0 Å². The number of hydrogen-bond donors (Lipinski definition) is 1. The normalized spacial score (nSPS) is 14.2. The van der Waals surface area contributed by atoms with Crippen molar-refractivity contribution in [2.24, 2.45) is 0 Å². The van der Waals surface area contributed by atoms with Crippen LogP contribution in [-0.2, 0) is 0 Å². The fraction of sp³-hybridized carbons (Fsp3) is 0.412. The summed E-state index contributed by atoms with van der Waals surface area (Å²) in [5.74, 6) is 0.965. The molecule has 0 saturated heterocycles. The fourth-order valence-corrected chi connectivity index (χ4v) is 3.74. The highest BCUT2D eigenvalue weighted by Gasteiger charge is 2.16. The first-order valence-electron chi connectivity index (χ1n) is 7.24. The lowest BCUT2D eigenvalue weighted by Crippen LogP contribution is -2.22. The summed E-state index contributed by atoms with van der Waals surface area (Å²) in [4.78, 5) is 1.33. The number of halogens is 1. The van der Waals surface area contributed by atoms with Gasteiger partial charge in [0.1, 0.15) is 5.75 Å². The molecule has 4 heteroatoms. The van der Waals surface area contributed by atoms with Crippen molar-refractivity contribution in [1.82, 2.24) is 5.32 Å². The Morgan fingerprint density at radius 3 is 2.33 bits per heavy atom. The molecule has 114 valence electrons. The number of ether oxygens (including phenoxy) is 1. The first kappa shape index (κ1) is 16.5. The molecule has 0 bridgehead atoms. The smallest absolute Gasteiger partial charge is 0.124 e. The van der Waals surface area contributed by atoms with Gasteiger partial charge in [0.2, 0.25) is 0 Å². The molecule has 0 fully saturated rings. The maximum absolute atomic E-state index is 5.91. The molecule has 1 aromatic heterocycles. The number of rotatable bonds is 6. The zero-order valence-electron chi connectivity index (χ0n) is 12.9. The minimum Gasteiger partial charge on any atom is -0.491 e. The zero-order chi connectivity index (χ0) is 15.4. The van der Waals surface area contributed by atoms with Crippen molar-refractivity contribution < 1.29 is 4.74 Å². The molecular formula is C17H22BrNOS. The van der Waals surface area contributed by atoms with Gasteiger partial charge in [-0.25, -0.2) is 0 Å². The second-order valence-electron chi connectivity index (χ2n) is 5.46. The Balaban J connectivity index is 2.11. The number of hydrogen-bond acceptors (Lipinski definition) is 3. The van der Waals surface area contributed by atoms with E-state index in [2.05, 4.69) is 73.2 Å². The topological polar surface area (TPSA) is 21.3 Å². The number of thiophene rings is 1. The van der Waals surface area contributed by atoms with E-state index in [1.54, 1.807) is 11.3 Å². The SMILES string of the molecule is CC(C)Oc1ccccc1C(C)NC(C)c1ccc(Br)s1. The van der Waals surface area contributed by atoms with E-state index in [0.29, 0.717) is 6.04 Å². The average molecular weight is 368 g/mol. The van der Waals surface area contributed by atoms with Crippen LogP contribution < -0.4 is 10.1 Å². The van der Waals surface area contributed by atoms with Gasteiger partial charge in [0, 0.05) is 22.5 Å². The summed E-state index contributed by atoms with van der Waals surface area (Å²) < 4.78 is 7.08. The Morgan fingerprint density at radius 1 is 1.00 bits per heavy atom. The third-order valence-corrected chi connectivity index (χ3v) is 5.08. The minimum absolute atomic E-state index is 0.184. The van der Waals surface area contributed by atoms with Crippen LogP contribution in [0.25, 0.3) is 0 Å². The Bertz CT molecular complexity index is 582. The Morgan fingerprint density at radius 2 is 1.71 bits per heavy atom. The summed E-state index contributed by atoms with van der Waals surface area (Å²) in [7, 11) is 0. The van der Waals surface area contributed by atoms with Gasteiger partial charge in [-0.3, -0.25) is 0 Å². The lowest BCUT2D eigenvalue weighted by molar-refractivity contribution is 0.237. The van der Waals surface area contributed by atoms with Crippen LogP contribution in [0, 0.1) is 0 Å². The van der Waals surface area contributed by atoms with Gasteiger partial charge in [-0.1, -0.05) is 18.2 Å². The molecule has 0 aliphatic carbocycles. The summed E-state index contributed by atoms with van der Waals surface area (Å²) in [5, 5.41) is 3.65. The third-order valence-electron chi connectivity index (χ3n) is 3.27. The van der Waals surface area contributed by atoms with Crippen molar-refractivity contribution in [2.75, 3.05) is 0 Å². The van der Waals surface area contributed by atoms with Crippen LogP contribution in [0.5, 0.6) is 5.75 Å². The van der Waals surface area contributed by atoms with Gasteiger partial charge >= 0.3 is 0 Å². The highest BCUT2D eigenvalue weighted by atomic mass is 79.9. The van der Waals surface area contributed by atoms with Gasteiger partial charge in [0.15, 0.2) is 0 Å². The predicted octanol–water partition coefficient (Wildman–Crippen LogP) is 5.71. The van der Waals surface area contributed by atoms with Gasteiger partial charge in [-0.2, -0.15) is 0 Å². The van der Waals surface area contributed by atoms with Crippen LogP contribution in [0.15, 0.2) is 40.2 Å². The van der Waals surface area contributed by atoms with Crippen LogP contribution in [0.1, 0.15) is 50.2 Å². The van der Waals surface area contributed by atoms with Gasteiger partial charge < -0.3 is 10.1 Å². The molecule has 21 heavy (non-hydrogen) atoms. The van der Waals surface area contributed by atoms with E-state index in [9.17, 15) is 0 Å². The lowest BCUT2D eigenvalue weighted by atomic mass is 10.1. The summed E-state index contributed by atoms with van der Waals surface area (Å²) in [6.45, 7) is 8.49. The van der Waals surface area contributed by atoms with Crippen LogP contribution in [-0.4, -0.2) is 6.10 Å². The molecule has 1 heterocycles.